The van der Waals surface area contributed by atoms with Gasteiger partial charge in [0, 0.05) is 32.2 Å². The molecular weight excluding hydrogens is 342 g/mol. The first-order valence-corrected chi connectivity index (χ1v) is 9.06. The minimum Gasteiger partial charge on any atom is -0.435 e. The summed E-state index contributed by atoms with van der Waals surface area (Å²) in [5.41, 5.74) is 1.05. The number of nitrogens with one attached hydrogen (secondary N) is 1. The van der Waals surface area contributed by atoms with Gasteiger partial charge in [0.1, 0.15) is 5.75 Å². The Balaban J connectivity index is 1.78. The smallest absolute Gasteiger partial charge is 0.387 e. The highest BCUT2D eigenvalue weighted by Gasteiger charge is 2.27. The predicted octanol–water partition coefficient (Wildman–Crippen LogP) is 3.21. The Kier molecular flexibility index (Phi) is 8.25. The summed E-state index contributed by atoms with van der Waals surface area (Å²) in [5.74, 6) is 0.351. The molecule has 0 bridgehead atoms. The second-order valence-corrected chi connectivity index (χ2v) is 6.57. The van der Waals surface area contributed by atoms with Crippen LogP contribution in [0.3, 0.4) is 0 Å². The van der Waals surface area contributed by atoms with Gasteiger partial charge in [0.05, 0.1) is 0 Å². The maximum absolute atomic E-state index is 12.2. The molecule has 1 atom stereocenters. The quantitative estimate of drug-likeness (QED) is 0.678. The molecule has 1 fully saturated rings. The number of benzene rings is 1. The van der Waals surface area contributed by atoms with Crippen LogP contribution in [0.15, 0.2) is 24.3 Å². The summed E-state index contributed by atoms with van der Waals surface area (Å²) >= 11 is 0. The lowest BCUT2D eigenvalue weighted by atomic mass is 9.94. The number of methoxy groups -OCH3 is 1. The standard InChI is InChI=1S/C19H28F2N2O3/c1-14(15-4-6-17(7-5-15)26-19(20)21)23-11-8-16(9-12-23)18(24)22-10-3-13-25-2/h4-7,14,16,19H,3,8-13H2,1-2H3,(H,22,24). The number of carbonyl (C=O) groups is 1. The predicted molar refractivity (Wildman–Crippen MR) is 95.3 cm³/mol. The van der Waals surface area contributed by atoms with Crippen molar-refractivity contribution >= 4 is 5.91 Å². The first-order chi connectivity index (χ1) is 12.5. The van der Waals surface area contributed by atoms with Gasteiger partial charge < -0.3 is 14.8 Å². The number of piperidine rings is 1. The molecule has 1 saturated heterocycles. The molecule has 0 aliphatic carbocycles. The van der Waals surface area contributed by atoms with Crippen molar-refractivity contribution in [3.8, 4) is 5.75 Å². The van der Waals surface area contributed by atoms with E-state index in [9.17, 15) is 13.6 Å². The number of alkyl halides is 2. The zero-order valence-electron chi connectivity index (χ0n) is 15.4. The summed E-state index contributed by atoms with van der Waals surface area (Å²) in [6, 6.07) is 6.94. The van der Waals surface area contributed by atoms with E-state index in [4.69, 9.17) is 4.74 Å². The molecule has 0 saturated carbocycles. The van der Waals surface area contributed by atoms with Gasteiger partial charge in [-0.1, -0.05) is 12.1 Å². The molecule has 1 heterocycles. The van der Waals surface area contributed by atoms with E-state index in [1.54, 1.807) is 19.2 Å². The molecular formula is C19H28F2N2O3. The van der Waals surface area contributed by atoms with E-state index in [2.05, 4.69) is 21.9 Å². The first kappa shape index (κ1) is 20.6. The fourth-order valence-electron chi connectivity index (χ4n) is 3.26. The second kappa shape index (κ2) is 10.4. The molecule has 2 rings (SSSR count). The van der Waals surface area contributed by atoms with Crippen molar-refractivity contribution in [1.29, 1.82) is 0 Å². The largest absolute Gasteiger partial charge is 0.435 e. The number of hydrogen-bond acceptors (Lipinski definition) is 4. The Bertz CT molecular complexity index is 546. The number of ether oxygens (including phenoxy) is 2. The Hall–Kier alpha value is -1.73. The van der Waals surface area contributed by atoms with Crippen LogP contribution in [0.1, 0.15) is 37.8 Å². The molecule has 0 spiro atoms. The number of rotatable bonds is 9. The van der Waals surface area contributed by atoms with Crippen LogP contribution < -0.4 is 10.1 Å². The van der Waals surface area contributed by atoms with Gasteiger partial charge in [-0.2, -0.15) is 8.78 Å². The van der Waals surface area contributed by atoms with Gasteiger partial charge in [-0.05, 0) is 57.0 Å². The van der Waals surface area contributed by atoms with Crippen molar-refractivity contribution in [3.63, 3.8) is 0 Å². The lowest BCUT2D eigenvalue weighted by molar-refractivity contribution is -0.126. The maximum atomic E-state index is 12.2. The Morgan fingerprint density at radius 1 is 1.27 bits per heavy atom. The zero-order valence-corrected chi connectivity index (χ0v) is 15.4. The van der Waals surface area contributed by atoms with Gasteiger partial charge in [0.2, 0.25) is 5.91 Å². The van der Waals surface area contributed by atoms with Crippen molar-refractivity contribution < 1.29 is 23.0 Å². The first-order valence-electron chi connectivity index (χ1n) is 9.06. The van der Waals surface area contributed by atoms with E-state index < -0.39 is 6.61 Å². The van der Waals surface area contributed by atoms with Crippen molar-refractivity contribution in [2.75, 3.05) is 33.4 Å². The average Bonchev–Trinajstić information content (AvgIpc) is 2.65. The van der Waals surface area contributed by atoms with Crippen molar-refractivity contribution in [2.45, 2.75) is 38.8 Å². The molecule has 146 valence electrons. The molecule has 5 nitrogen and oxygen atoms in total. The van der Waals surface area contributed by atoms with Crippen molar-refractivity contribution in [3.05, 3.63) is 29.8 Å². The molecule has 0 aromatic heterocycles. The molecule has 0 radical (unpaired) electrons. The summed E-state index contributed by atoms with van der Waals surface area (Å²) in [5, 5.41) is 2.97. The van der Waals surface area contributed by atoms with Crippen LogP contribution in [-0.2, 0) is 9.53 Å². The van der Waals surface area contributed by atoms with E-state index in [1.165, 1.54) is 0 Å². The molecule has 1 aliphatic heterocycles. The van der Waals surface area contributed by atoms with Crippen LogP contribution in [0.2, 0.25) is 0 Å². The van der Waals surface area contributed by atoms with Crippen LogP contribution >= 0.6 is 0 Å². The molecule has 1 aliphatic rings. The number of amides is 1. The van der Waals surface area contributed by atoms with Gasteiger partial charge >= 0.3 is 6.61 Å². The van der Waals surface area contributed by atoms with E-state index in [-0.39, 0.29) is 23.6 Å². The highest BCUT2D eigenvalue weighted by atomic mass is 19.3. The normalized spacial score (nSPS) is 17.3. The van der Waals surface area contributed by atoms with Crippen LogP contribution in [-0.4, -0.2) is 50.8 Å². The van der Waals surface area contributed by atoms with E-state index in [1.807, 2.05) is 12.1 Å². The summed E-state index contributed by atoms with van der Waals surface area (Å²) in [7, 11) is 1.65. The Morgan fingerprint density at radius 3 is 2.50 bits per heavy atom. The molecule has 1 aromatic rings. The number of likely N-dealkylation sites (tertiary alicyclic amines) is 1. The van der Waals surface area contributed by atoms with Crippen molar-refractivity contribution in [2.24, 2.45) is 5.92 Å². The van der Waals surface area contributed by atoms with E-state index >= 15 is 0 Å². The summed E-state index contributed by atoms with van der Waals surface area (Å²) in [4.78, 5) is 14.5. The summed E-state index contributed by atoms with van der Waals surface area (Å²) < 4.78 is 33.8. The number of nitrogens with zero attached hydrogens (tertiary/aromatic N) is 1. The molecule has 1 unspecified atom stereocenters. The third-order valence-electron chi connectivity index (χ3n) is 4.86. The van der Waals surface area contributed by atoms with Crippen LogP contribution in [0.4, 0.5) is 8.78 Å². The topological polar surface area (TPSA) is 50.8 Å². The van der Waals surface area contributed by atoms with Gasteiger partial charge in [-0.3, -0.25) is 9.69 Å². The van der Waals surface area contributed by atoms with E-state index in [0.717, 1.165) is 37.9 Å². The van der Waals surface area contributed by atoms with Crippen LogP contribution in [0.5, 0.6) is 5.75 Å². The van der Waals surface area contributed by atoms with Crippen LogP contribution in [0, 0.1) is 5.92 Å². The van der Waals surface area contributed by atoms with Gasteiger partial charge in [-0.25, -0.2) is 0 Å². The Morgan fingerprint density at radius 2 is 1.92 bits per heavy atom. The summed E-state index contributed by atoms with van der Waals surface area (Å²) in [6.07, 6.45) is 2.48. The summed E-state index contributed by atoms with van der Waals surface area (Å²) in [6.45, 7) is 2.26. The molecule has 1 amide bonds. The fourth-order valence-corrected chi connectivity index (χ4v) is 3.26. The Labute approximate surface area is 153 Å². The minimum atomic E-state index is -2.81. The van der Waals surface area contributed by atoms with E-state index in [0.29, 0.717) is 13.2 Å². The van der Waals surface area contributed by atoms with Gasteiger partial charge in [0.15, 0.2) is 0 Å². The van der Waals surface area contributed by atoms with Crippen molar-refractivity contribution in [1.82, 2.24) is 10.2 Å². The van der Waals surface area contributed by atoms with Crippen LogP contribution in [0.25, 0.3) is 0 Å². The minimum absolute atomic E-state index is 0.0582. The number of carbonyl (C=O) groups excluding carboxylic acids is 1. The maximum Gasteiger partial charge on any atom is 0.387 e. The zero-order chi connectivity index (χ0) is 18.9. The lowest BCUT2D eigenvalue weighted by Gasteiger charge is -2.35. The highest BCUT2D eigenvalue weighted by Crippen LogP contribution is 2.28. The lowest BCUT2D eigenvalue weighted by Crippen LogP contribution is -2.41. The van der Waals surface area contributed by atoms with Gasteiger partial charge in [0.25, 0.3) is 0 Å². The number of hydrogen-bond donors (Lipinski definition) is 1. The fraction of sp³-hybridized carbons (Fsp3) is 0.632. The molecule has 1 aromatic carbocycles. The number of halogens is 2. The highest BCUT2D eigenvalue weighted by molar-refractivity contribution is 5.78. The average molecular weight is 370 g/mol. The third-order valence-corrected chi connectivity index (χ3v) is 4.86. The molecule has 7 heteroatoms. The third kappa shape index (κ3) is 6.21. The SMILES string of the molecule is COCCCNC(=O)C1CCN(C(C)c2ccc(OC(F)F)cc2)CC1. The second-order valence-electron chi connectivity index (χ2n) is 6.57. The molecule has 26 heavy (non-hydrogen) atoms. The van der Waals surface area contributed by atoms with Gasteiger partial charge in [-0.15, -0.1) is 0 Å². The molecule has 1 N–H and O–H groups in total. The monoisotopic (exact) mass is 370 g/mol.